The van der Waals surface area contributed by atoms with E-state index >= 15 is 0 Å². The number of rotatable bonds is 8. The number of nitrogens with zero attached hydrogens (tertiary/aromatic N) is 5. The van der Waals surface area contributed by atoms with Crippen LogP contribution >= 0.6 is 23.3 Å². The molecule has 0 spiro atoms. The monoisotopic (exact) mass is 482 g/mol. The fourth-order valence-electron chi connectivity index (χ4n) is 3.66. The van der Waals surface area contributed by atoms with Gasteiger partial charge in [0.25, 0.3) is 0 Å². The van der Waals surface area contributed by atoms with Crippen LogP contribution in [0.2, 0.25) is 0 Å². The first kappa shape index (κ1) is 22.0. The van der Waals surface area contributed by atoms with Gasteiger partial charge < -0.3 is 4.74 Å². The van der Waals surface area contributed by atoms with E-state index in [0.29, 0.717) is 24.5 Å². The highest BCUT2D eigenvalue weighted by Gasteiger charge is 2.38. The van der Waals surface area contributed by atoms with Gasteiger partial charge in [-0.05, 0) is 49.4 Å². The van der Waals surface area contributed by atoms with Gasteiger partial charge in [0.15, 0.2) is 0 Å². The van der Waals surface area contributed by atoms with E-state index in [1.807, 2.05) is 24.2 Å². The van der Waals surface area contributed by atoms with Gasteiger partial charge >= 0.3 is 6.03 Å². The molecule has 4 heterocycles. The molecule has 1 aliphatic carbocycles. The number of ether oxygens (including phenoxy) is 1. The van der Waals surface area contributed by atoms with Crippen LogP contribution in [0.15, 0.2) is 47.7 Å². The molecule has 0 bridgehead atoms. The summed E-state index contributed by atoms with van der Waals surface area (Å²) in [6.07, 6.45) is 9.49. The normalized spacial score (nSPS) is 16.8. The molecule has 172 valence electrons. The maximum Gasteiger partial charge on any atom is 0.330 e. The summed E-state index contributed by atoms with van der Waals surface area (Å²) >= 11 is 3.25. The molecule has 33 heavy (non-hydrogen) atoms. The molecule has 0 saturated heterocycles. The summed E-state index contributed by atoms with van der Waals surface area (Å²) in [4.78, 5) is 21.5. The van der Waals surface area contributed by atoms with Gasteiger partial charge in [-0.25, -0.2) is 4.79 Å². The molecule has 1 saturated carbocycles. The van der Waals surface area contributed by atoms with Gasteiger partial charge in [0.1, 0.15) is 10.8 Å². The van der Waals surface area contributed by atoms with Crippen molar-refractivity contribution in [1.82, 2.24) is 24.4 Å². The van der Waals surface area contributed by atoms with Crippen LogP contribution in [-0.4, -0.2) is 38.3 Å². The lowest BCUT2D eigenvalue weighted by Gasteiger charge is -2.36. The number of amides is 2. The Morgan fingerprint density at radius 3 is 2.70 bits per heavy atom. The quantitative estimate of drug-likeness (QED) is 0.471. The summed E-state index contributed by atoms with van der Waals surface area (Å²) in [5, 5.41) is 5.15. The number of pyridine rings is 1. The first-order valence-corrected chi connectivity index (χ1v) is 12.3. The highest BCUT2D eigenvalue weighted by atomic mass is 32.2. The first-order chi connectivity index (χ1) is 15.8. The zero-order chi connectivity index (χ0) is 23.2. The van der Waals surface area contributed by atoms with Gasteiger partial charge in [0.2, 0.25) is 0 Å². The van der Waals surface area contributed by atoms with Gasteiger partial charge in [0.05, 0.1) is 36.8 Å². The molecule has 10 heteroatoms. The molecule has 0 radical (unpaired) electrons. The molecule has 2 amide bonds. The van der Waals surface area contributed by atoms with Crippen LogP contribution in [-0.2, 0) is 20.1 Å². The predicted molar refractivity (Wildman–Crippen MR) is 131 cm³/mol. The summed E-state index contributed by atoms with van der Waals surface area (Å²) in [5.74, 6) is 0.665. The molecule has 1 fully saturated rings. The number of urea groups is 1. The second kappa shape index (κ2) is 8.51. The Bertz CT molecular complexity index is 1220. The van der Waals surface area contributed by atoms with Gasteiger partial charge in [-0.1, -0.05) is 6.58 Å². The predicted octanol–water partition coefficient (Wildman–Crippen LogP) is 4.65. The van der Waals surface area contributed by atoms with Gasteiger partial charge in [-0.15, -0.1) is 11.3 Å². The average Bonchev–Trinajstić information content (AvgIpc) is 3.19. The van der Waals surface area contributed by atoms with Crippen molar-refractivity contribution in [3.8, 4) is 5.75 Å². The first-order valence-electron chi connectivity index (χ1n) is 10.7. The number of carbonyl (C=O) groups excluding carboxylic acids is 1. The SMILES string of the molecule is C=C1c2cc(SNC3(C)CC3)sc2N(Cc2cncc(OC)c2)C(=O)N1Cc1cnn(C)c1. The van der Waals surface area contributed by atoms with Crippen LogP contribution in [0, 0.1) is 0 Å². The Balaban J connectivity index is 1.48. The third-order valence-corrected chi connectivity index (χ3v) is 8.24. The van der Waals surface area contributed by atoms with Crippen molar-refractivity contribution in [2.75, 3.05) is 12.0 Å². The number of nitrogens with one attached hydrogen (secondary N) is 1. The van der Waals surface area contributed by atoms with E-state index in [2.05, 4.69) is 34.4 Å². The molecule has 0 aromatic carbocycles. The Labute approximate surface area is 201 Å². The fraction of sp³-hybridized carbons (Fsp3) is 0.348. The Morgan fingerprint density at radius 1 is 1.21 bits per heavy atom. The van der Waals surface area contributed by atoms with E-state index < -0.39 is 0 Å². The number of fused-ring (bicyclic) bond motifs is 1. The van der Waals surface area contributed by atoms with Crippen molar-refractivity contribution in [1.29, 1.82) is 0 Å². The number of carbonyl (C=O) groups is 1. The van der Waals surface area contributed by atoms with E-state index in [1.54, 1.807) is 58.6 Å². The number of aromatic nitrogens is 3. The highest BCUT2D eigenvalue weighted by Crippen LogP contribution is 2.46. The van der Waals surface area contributed by atoms with Crippen LogP contribution in [0.1, 0.15) is 36.5 Å². The third kappa shape index (κ3) is 4.50. The largest absolute Gasteiger partial charge is 0.495 e. The van der Waals surface area contributed by atoms with Crippen molar-refractivity contribution in [3.63, 3.8) is 0 Å². The molecule has 0 unspecified atom stereocenters. The number of hydrogen-bond acceptors (Lipinski definition) is 7. The minimum atomic E-state index is -0.111. The smallest absolute Gasteiger partial charge is 0.330 e. The lowest BCUT2D eigenvalue weighted by Crippen LogP contribution is -2.44. The van der Waals surface area contributed by atoms with E-state index in [0.717, 1.165) is 25.9 Å². The van der Waals surface area contributed by atoms with Crippen LogP contribution in [0.5, 0.6) is 5.75 Å². The Hall–Kier alpha value is -2.82. The number of hydrogen-bond donors (Lipinski definition) is 1. The number of methoxy groups -OCH3 is 1. The topological polar surface area (TPSA) is 75.5 Å². The average molecular weight is 483 g/mol. The number of aryl methyl sites for hydroxylation is 1. The van der Waals surface area contributed by atoms with Crippen molar-refractivity contribution in [2.45, 2.75) is 42.6 Å². The molecular weight excluding hydrogens is 456 g/mol. The standard InChI is InChI=1S/C23H26N6O2S2/c1-15-19-8-20(33-26-23(2)5-6-23)32-21(19)29(13-16-7-18(31-4)11-24-9-16)22(30)28(15)14-17-10-25-27(3)12-17/h7-12,26H,1,5-6,13-14H2,2-4H3. The third-order valence-electron chi connectivity index (χ3n) is 5.88. The maximum absolute atomic E-state index is 13.7. The highest BCUT2D eigenvalue weighted by molar-refractivity contribution is 7.99. The maximum atomic E-state index is 13.7. The van der Waals surface area contributed by atoms with Gasteiger partial charge in [0, 0.05) is 41.8 Å². The molecule has 3 aromatic heterocycles. The van der Waals surface area contributed by atoms with E-state index in [1.165, 1.54) is 12.8 Å². The summed E-state index contributed by atoms with van der Waals surface area (Å²) in [6.45, 7) is 7.32. The van der Waals surface area contributed by atoms with Crippen LogP contribution in [0.4, 0.5) is 9.80 Å². The van der Waals surface area contributed by atoms with Crippen molar-refractivity contribution >= 4 is 40.0 Å². The molecular formula is C23H26N6O2S2. The Morgan fingerprint density at radius 2 is 2.00 bits per heavy atom. The minimum absolute atomic E-state index is 0.111. The Kier molecular flexibility index (Phi) is 5.67. The summed E-state index contributed by atoms with van der Waals surface area (Å²) in [7, 11) is 3.48. The summed E-state index contributed by atoms with van der Waals surface area (Å²) < 4.78 is 11.7. The zero-order valence-corrected chi connectivity index (χ0v) is 20.5. The van der Waals surface area contributed by atoms with Gasteiger partial charge in [-0.3, -0.25) is 24.2 Å². The summed E-state index contributed by atoms with van der Waals surface area (Å²) in [5.41, 5.74) is 3.74. The van der Waals surface area contributed by atoms with E-state index in [4.69, 9.17) is 4.74 Å². The molecule has 2 aliphatic rings. The van der Waals surface area contributed by atoms with Crippen LogP contribution < -0.4 is 14.4 Å². The molecule has 3 aromatic rings. The van der Waals surface area contributed by atoms with Crippen molar-refractivity contribution < 1.29 is 9.53 Å². The molecule has 1 aliphatic heterocycles. The number of thiophene rings is 1. The minimum Gasteiger partial charge on any atom is -0.495 e. The number of anilines is 1. The lowest BCUT2D eigenvalue weighted by molar-refractivity contribution is 0.221. The summed E-state index contributed by atoms with van der Waals surface area (Å²) in [6, 6.07) is 3.93. The lowest BCUT2D eigenvalue weighted by atomic mass is 10.1. The second-order valence-electron chi connectivity index (χ2n) is 8.71. The van der Waals surface area contributed by atoms with Crippen molar-refractivity contribution in [3.05, 3.63) is 60.2 Å². The zero-order valence-electron chi connectivity index (χ0n) is 18.9. The van der Waals surface area contributed by atoms with E-state index in [9.17, 15) is 4.79 Å². The van der Waals surface area contributed by atoms with Gasteiger partial charge in [-0.2, -0.15) is 5.10 Å². The van der Waals surface area contributed by atoms with Crippen LogP contribution in [0.3, 0.4) is 0 Å². The van der Waals surface area contributed by atoms with Crippen molar-refractivity contribution in [2.24, 2.45) is 7.05 Å². The molecule has 8 nitrogen and oxygen atoms in total. The molecule has 0 atom stereocenters. The fourth-order valence-corrected chi connectivity index (χ4v) is 5.82. The molecule has 5 rings (SSSR count). The van der Waals surface area contributed by atoms with E-state index in [-0.39, 0.29) is 11.6 Å². The molecule has 1 N–H and O–H groups in total. The van der Waals surface area contributed by atoms with Crippen LogP contribution in [0.25, 0.3) is 5.70 Å². The second-order valence-corrected chi connectivity index (χ2v) is 10.8.